The Morgan fingerprint density at radius 2 is 1.36 bits per heavy atom. The fourth-order valence-corrected chi connectivity index (χ4v) is 2.57. The highest BCUT2D eigenvalue weighted by molar-refractivity contribution is 5.65. The van der Waals surface area contributed by atoms with Crippen molar-refractivity contribution in [2.24, 2.45) is 0 Å². The molecule has 0 saturated heterocycles. The molecule has 0 heterocycles. The molecule has 0 amide bonds. The van der Waals surface area contributed by atoms with Crippen molar-refractivity contribution in [1.82, 2.24) is 0 Å². The van der Waals surface area contributed by atoms with Crippen molar-refractivity contribution in [3.63, 3.8) is 0 Å². The Morgan fingerprint density at radius 1 is 0.714 bits per heavy atom. The molecule has 1 nitrogen and oxygen atoms in total. The van der Waals surface area contributed by atoms with E-state index in [4.69, 9.17) is 0 Å². The van der Waals surface area contributed by atoms with Gasteiger partial charge in [-0.25, -0.2) is 22.0 Å². The molecule has 0 saturated carbocycles. The van der Waals surface area contributed by atoms with Crippen LogP contribution in [0.5, 0.6) is 5.75 Å². The number of rotatable bonds is 4. The Bertz CT molecular complexity index is 1020. The van der Waals surface area contributed by atoms with Gasteiger partial charge in [-0.15, -0.1) is 0 Å². The molecule has 28 heavy (non-hydrogen) atoms. The Morgan fingerprint density at radius 3 is 1.93 bits per heavy atom. The number of halogens is 7. The lowest BCUT2D eigenvalue weighted by Crippen LogP contribution is -2.23. The molecule has 3 rings (SSSR count). The minimum Gasteiger partial charge on any atom is -0.429 e. The van der Waals surface area contributed by atoms with Crippen LogP contribution < -0.4 is 4.74 Å². The fraction of sp³-hybridized carbons (Fsp3) is 0.100. The van der Waals surface area contributed by atoms with Gasteiger partial charge >= 0.3 is 6.11 Å². The molecule has 0 aliphatic carbocycles. The van der Waals surface area contributed by atoms with E-state index in [0.29, 0.717) is 17.7 Å². The van der Waals surface area contributed by atoms with Gasteiger partial charge in [0.15, 0.2) is 17.5 Å². The van der Waals surface area contributed by atoms with Crippen molar-refractivity contribution in [3.8, 4) is 16.9 Å². The lowest BCUT2D eigenvalue weighted by molar-refractivity contribution is -0.187. The zero-order valence-corrected chi connectivity index (χ0v) is 14.2. The van der Waals surface area contributed by atoms with Crippen LogP contribution >= 0.6 is 0 Å². The summed E-state index contributed by atoms with van der Waals surface area (Å²) in [6.07, 6.45) is -4.33. The van der Waals surface area contributed by atoms with Crippen LogP contribution in [0, 0.1) is 36.0 Å². The first-order valence-electron chi connectivity index (χ1n) is 7.86. The van der Waals surface area contributed by atoms with Crippen molar-refractivity contribution in [2.75, 3.05) is 0 Å². The molecule has 0 aliphatic rings. The molecule has 0 bridgehead atoms. The third-order valence-electron chi connectivity index (χ3n) is 3.92. The molecule has 146 valence electrons. The monoisotopic (exact) mass is 400 g/mol. The minimum atomic E-state index is -4.33. The number of aryl methyl sites for hydroxylation is 1. The highest BCUT2D eigenvalue weighted by atomic mass is 19.3. The molecule has 3 aromatic rings. The normalized spacial score (nSPS) is 11.6. The molecule has 8 heteroatoms. The van der Waals surface area contributed by atoms with Crippen LogP contribution in [0.25, 0.3) is 11.1 Å². The molecule has 0 spiro atoms. The average Bonchev–Trinajstić information content (AvgIpc) is 2.59. The van der Waals surface area contributed by atoms with E-state index in [0.717, 1.165) is 6.07 Å². The van der Waals surface area contributed by atoms with Crippen LogP contribution in [0.15, 0.2) is 48.5 Å². The zero-order valence-electron chi connectivity index (χ0n) is 14.2. The molecule has 0 unspecified atom stereocenters. The lowest BCUT2D eigenvalue weighted by Gasteiger charge is -2.19. The van der Waals surface area contributed by atoms with Crippen LogP contribution in [-0.2, 0) is 6.11 Å². The second kappa shape index (κ2) is 7.18. The first-order valence-corrected chi connectivity index (χ1v) is 7.86. The summed E-state index contributed by atoms with van der Waals surface area (Å²) in [7, 11) is 0. The summed E-state index contributed by atoms with van der Waals surface area (Å²) in [5.74, 6) is -8.45. The smallest absolute Gasteiger partial charge is 0.429 e. The van der Waals surface area contributed by atoms with Crippen LogP contribution in [0.3, 0.4) is 0 Å². The molecule has 3 aromatic carbocycles. The maximum Gasteiger partial charge on any atom is 0.429 e. The predicted molar refractivity (Wildman–Crippen MR) is 87.4 cm³/mol. The number of benzene rings is 3. The number of hydrogen-bond acceptors (Lipinski definition) is 1. The molecule has 0 aromatic heterocycles. The van der Waals surface area contributed by atoms with E-state index >= 15 is 0 Å². The summed E-state index contributed by atoms with van der Waals surface area (Å²) in [6.45, 7) is 1.65. The van der Waals surface area contributed by atoms with Crippen LogP contribution in [0.1, 0.15) is 11.1 Å². The summed E-state index contributed by atoms with van der Waals surface area (Å²) in [6, 6.07) is 6.97. The number of ether oxygens (including phenoxy) is 1. The van der Waals surface area contributed by atoms with Crippen molar-refractivity contribution in [3.05, 3.63) is 88.7 Å². The molecule has 0 aliphatic heterocycles. The molecular weight excluding hydrogens is 389 g/mol. The summed E-state index contributed by atoms with van der Waals surface area (Å²) >= 11 is 0. The third kappa shape index (κ3) is 3.81. The molecule has 0 atom stereocenters. The average molecular weight is 400 g/mol. The van der Waals surface area contributed by atoms with E-state index < -0.39 is 46.5 Å². The second-order valence-corrected chi connectivity index (χ2v) is 6.00. The highest BCUT2D eigenvalue weighted by Gasteiger charge is 2.38. The zero-order chi connectivity index (χ0) is 20.6. The summed E-state index contributed by atoms with van der Waals surface area (Å²) in [5.41, 5.74) is -0.609. The SMILES string of the molecule is Cc1ccc(-c2ccc(C(F)(F)Oc3cc(F)c(F)c(F)c3)c(F)c2)c(F)c1. The molecular formula is C20H11F7O. The lowest BCUT2D eigenvalue weighted by atomic mass is 10.0. The van der Waals surface area contributed by atoms with E-state index in [-0.39, 0.29) is 23.3 Å². The topological polar surface area (TPSA) is 9.23 Å². The third-order valence-corrected chi connectivity index (χ3v) is 3.92. The largest absolute Gasteiger partial charge is 0.429 e. The Labute approximate surface area is 155 Å². The first kappa shape index (κ1) is 19.7. The molecule has 0 fully saturated rings. The van der Waals surface area contributed by atoms with Crippen LogP contribution in [0.4, 0.5) is 30.7 Å². The number of alkyl halides is 2. The fourth-order valence-electron chi connectivity index (χ4n) is 2.57. The Kier molecular flexibility index (Phi) is 5.06. The van der Waals surface area contributed by atoms with E-state index in [1.165, 1.54) is 12.1 Å². The highest BCUT2D eigenvalue weighted by Crippen LogP contribution is 2.36. The van der Waals surface area contributed by atoms with Crippen LogP contribution in [-0.4, -0.2) is 0 Å². The quantitative estimate of drug-likeness (QED) is 0.360. The van der Waals surface area contributed by atoms with Crippen molar-refractivity contribution in [2.45, 2.75) is 13.0 Å². The van der Waals surface area contributed by atoms with Crippen molar-refractivity contribution in [1.29, 1.82) is 0 Å². The predicted octanol–water partition coefficient (Wildman–Crippen LogP) is 6.49. The molecule has 0 radical (unpaired) electrons. The van der Waals surface area contributed by atoms with E-state index in [1.807, 2.05) is 0 Å². The minimum absolute atomic E-state index is 0.00274. The van der Waals surface area contributed by atoms with Gasteiger partial charge < -0.3 is 4.74 Å². The van der Waals surface area contributed by atoms with Gasteiger partial charge in [0, 0.05) is 17.7 Å². The summed E-state index contributed by atoms with van der Waals surface area (Å²) < 4.78 is 100. The molecule has 0 N–H and O–H groups in total. The van der Waals surface area contributed by atoms with Gasteiger partial charge in [0.2, 0.25) is 0 Å². The standard InChI is InChI=1S/C20H11F7O/c1-10-2-4-13(15(21)6-10)11-3-5-14(16(22)7-11)20(26,27)28-12-8-17(23)19(25)18(24)9-12/h2-9H,1H3. The van der Waals surface area contributed by atoms with Gasteiger partial charge in [0.05, 0.1) is 5.56 Å². The van der Waals surface area contributed by atoms with Gasteiger partial charge in [0.25, 0.3) is 0 Å². The van der Waals surface area contributed by atoms with Crippen molar-refractivity contribution < 1.29 is 35.5 Å². The van der Waals surface area contributed by atoms with Gasteiger partial charge in [-0.05, 0) is 36.2 Å². The Hall–Kier alpha value is -3.03. The Balaban J connectivity index is 1.94. The van der Waals surface area contributed by atoms with Crippen LogP contribution in [0.2, 0.25) is 0 Å². The van der Waals surface area contributed by atoms with Gasteiger partial charge in [-0.2, -0.15) is 8.78 Å². The number of hydrogen-bond donors (Lipinski definition) is 0. The van der Waals surface area contributed by atoms with E-state index in [9.17, 15) is 30.7 Å². The van der Waals surface area contributed by atoms with Gasteiger partial charge in [-0.3, -0.25) is 0 Å². The maximum atomic E-state index is 14.3. The van der Waals surface area contributed by atoms with Gasteiger partial charge in [0.1, 0.15) is 17.4 Å². The maximum absolute atomic E-state index is 14.3. The van der Waals surface area contributed by atoms with E-state index in [2.05, 4.69) is 4.74 Å². The van der Waals surface area contributed by atoms with Crippen molar-refractivity contribution >= 4 is 0 Å². The first-order chi connectivity index (χ1) is 13.1. The summed E-state index contributed by atoms with van der Waals surface area (Å²) in [5, 5.41) is 0. The van der Waals surface area contributed by atoms with Gasteiger partial charge in [-0.1, -0.05) is 18.2 Å². The summed E-state index contributed by atoms with van der Waals surface area (Å²) in [4.78, 5) is 0. The van der Waals surface area contributed by atoms with E-state index in [1.54, 1.807) is 13.0 Å². The second-order valence-electron chi connectivity index (χ2n) is 6.00.